The Morgan fingerprint density at radius 2 is 2.08 bits per heavy atom. The second-order valence-corrected chi connectivity index (χ2v) is 6.06. The molecule has 0 saturated carbocycles. The Balaban J connectivity index is 2.07. The zero-order valence-corrected chi connectivity index (χ0v) is 15.2. The molecule has 0 spiro atoms. The number of ether oxygens (including phenoxy) is 1. The molecule has 1 heterocycles. The van der Waals surface area contributed by atoms with Gasteiger partial charge in [-0.2, -0.15) is 4.68 Å². The molecule has 2 amide bonds. The lowest BCUT2D eigenvalue weighted by Crippen LogP contribution is -2.46. The number of aryl methyl sites for hydroxylation is 1. The van der Waals surface area contributed by atoms with Crippen molar-refractivity contribution in [3.05, 3.63) is 24.0 Å². The molecule has 140 valence electrons. The van der Waals surface area contributed by atoms with Crippen molar-refractivity contribution in [1.82, 2.24) is 25.5 Å². The number of hydrogen-bond acceptors (Lipinski definition) is 7. The van der Waals surface area contributed by atoms with Crippen LogP contribution in [-0.2, 0) is 9.59 Å². The number of rotatable bonds is 7. The van der Waals surface area contributed by atoms with Crippen LogP contribution in [0.2, 0.25) is 0 Å². The lowest BCUT2D eigenvalue weighted by atomic mass is 10.1. The Kier molecular flexibility index (Phi) is 6.23. The molecule has 1 aromatic heterocycles. The Morgan fingerprint density at radius 3 is 2.65 bits per heavy atom. The Morgan fingerprint density at radius 1 is 1.35 bits per heavy atom. The van der Waals surface area contributed by atoms with Gasteiger partial charge in [-0.25, -0.2) is 0 Å². The van der Waals surface area contributed by atoms with E-state index in [0.29, 0.717) is 22.9 Å². The lowest BCUT2D eigenvalue weighted by molar-refractivity contribution is -0.125. The quantitative estimate of drug-likeness (QED) is 0.632. The summed E-state index contributed by atoms with van der Waals surface area (Å²) >= 11 is 0. The predicted molar refractivity (Wildman–Crippen MR) is 94.9 cm³/mol. The third-order valence-electron chi connectivity index (χ3n) is 3.76. The minimum atomic E-state index is -0.654. The van der Waals surface area contributed by atoms with E-state index in [-0.39, 0.29) is 24.3 Å². The molecule has 2 rings (SSSR count). The number of methoxy groups -OCH3 is 1. The summed E-state index contributed by atoms with van der Waals surface area (Å²) in [5, 5.41) is 16.6. The summed E-state index contributed by atoms with van der Waals surface area (Å²) in [5.74, 6) is 0.367. The summed E-state index contributed by atoms with van der Waals surface area (Å²) in [4.78, 5) is 23.9. The van der Waals surface area contributed by atoms with Gasteiger partial charge in [0.25, 0.3) is 0 Å². The summed E-state index contributed by atoms with van der Waals surface area (Å²) in [6.07, 6.45) is 0. The SMILES string of the molecule is COc1ccc(NC(=O)CNC(=O)[C@@H](N)C(C)C)cc1-n1nnnc1C. The Labute approximate surface area is 151 Å². The molecule has 10 nitrogen and oxygen atoms in total. The maximum absolute atomic E-state index is 12.1. The fourth-order valence-corrected chi connectivity index (χ4v) is 2.18. The zero-order chi connectivity index (χ0) is 19.3. The van der Waals surface area contributed by atoms with Crippen LogP contribution in [0.1, 0.15) is 19.7 Å². The highest BCUT2D eigenvalue weighted by Gasteiger charge is 2.18. The topological polar surface area (TPSA) is 137 Å². The number of anilines is 1. The molecule has 0 bridgehead atoms. The van der Waals surface area contributed by atoms with Crippen molar-refractivity contribution in [3.63, 3.8) is 0 Å². The number of amides is 2. The maximum Gasteiger partial charge on any atom is 0.243 e. The van der Waals surface area contributed by atoms with E-state index in [1.54, 1.807) is 25.1 Å². The van der Waals surface area contributed by atoms with Crippen LogP contribution in [0.4, 0.5) is 5.69 Å². The molecule has 0 radical (unpaired) electrons. The van der Waals surface area contributed by atoms with Gasteiger partial charge in [-0.3, -0.25) is 9.59 Å². The number of nitrogens with two attached hydrogens (primary N) is 1. The van der Waals surface area contributed by atoms with Crippen LogP contribution in [0.3, 0.4) is 0 Å². The molecule has 0 saturated heterocycles. The van der Waals surface area contributed by atoms with Crippen molar-refractivity contribution >= 4 is 17.5 Å². The van der Waals surface area contributed by atoms with E-state index in [2.05, 4.69) is 26.2 Å². The zero-order valence-electron chi connectivity index (χ0n) is 15.2. The largest absolute Gasteiger partial charge is 0.494 e. The first-order chi connectivity index (χ1) is 12.3. The van der Waals surface area contributed by atoms with Gasteiger partial charge in [0.15, 0.2) is 5.82 Å². The van der Waals surface area contributed by atoms with E-state index in [1.165, 1.54) is 11.8 Å². The molecular formula is C16H23N7O3. The highest BCUT2D eigenvalue weighted by atomic mass is 16.5. The van der Waals surface area contributed by atoms with Gasteiger partial charge in [0.1, 0.15) is 11.4 Å². The summed E-state index contributed by atoms with van der Waals surface area (Å²) in [7, 11) is 1.53. The van der Waals surface area contributed by atoms with Crippen LogP contribution in [0.25, 0.3) is 5.69 Å². The number of aromatic nitrogens is 4. The molecule has 0 fully saturated rings. The molecule has 0 aliphatic heterocycles. The minimum absolute atomic E-state index is 0.0123. The van der Waals surface area contributed by atoms with E-state index in [1.807, 2.05) is 13.8 Å². The van der Waals surface area contributed by atoms with Crippen LogP contribution in [-0.4, -0.2) is 51.7 Å². The van der Waals surface area contributed by atoms with E-state index in [0.717, 1.165) is 0 Å². The number of tetrazole rings is 1. The number of nitrogens with one attached hydrogen (secondary N) is 2. The number of nitrogens with zero attached hydrogens (tertiary/aromatic N) is 4. The van der Waals surface area contributed by atoms with E-state index < -0.39 is 6.04 Å². The van der Waals surface area contributed by atoms with Gasteiger partial charge in [-0.1, -0.05) is 13.8 Å². The summed E-state index contributed by atoms with van der Waals surface area (Å²) in [5.41, 5.74) is 6.84. The molecule has 26 heavy (non-hydrogen) atoms. The van der Waals surface area contributed by atoms with Crippen molar-refractivity contribution in [3.8, 4) is 11.4 Å². The second-order valence-electron chi connectivity index (χ2n) is 6.06. The van der Waals surface area contributed by atoms with Crippen molar-refractivity contribution in [2.24, 2.45) is 11.7 Å². The van der Waals surface area contributed by atoms with E-state index in [9.17, 15) is 9.59 Å². The third-order valence-corrected chi connectivity index (χ3v) is 3.76. The van der Waals surface area contributed by atoms with E-state index in [4.69, 9.17) is 10.5 Å². The van der Waals surface area contributed by atoms with Crippen LogP contribution in [0.15, 0.2) is 18.2 Å². The number of carbonyl (C=O) groups is 2. The molecule has 0 unspecified atom stereocenters. The minimum Gasteiger partial charge on any atom is -0.494 e. The first-order valence-corrected chi connectivity index (χ1v) is 8.10. The molecule has 0 aliphatic rings. The van der Waals surface area contributed by atoms with Crippen LogP contribution >= 0.6 is 0 Å². The summed E-state index contributed by atoms with van der Waals surface area (Å²) in [6.45, 7) is 5.25. The number of hydrogen-bond donors (Lipinski definition) is 3. The summed E-state index contributed by atoms with van der Waals surface area (Å²) < 4.78 is 6.81. The van der Waals surface area contributed by atoms with Gasteiger partial charge in [0, 0.05) is 5.69 Å². The van der Waals surface area contributed by atoms with Gasteiger partial charge >= 0.3 is 0 Å². The average Bonchev–Trinajstić information content (AvgIpc) is 3.04. The standard InChI is InChI=1S/C16H23N7O3/c1-9(2)15(17)16(25)18-8-14(24)19-11-5-6-13(26-4)12(7-11)23-10(3)20-21-22-23/h5-7,9,15H,8,17H2,1-4H3,(H,18,25)(H,19,24)/t15-/m0/s1. The fourth-order valence-electron chi connectivity index (χ4n) is 2.18. The highest BCUT2D eigenvalue weighted by Crippen LogP contribution is 2.26. The molecular weight excluding hydrogens is 338 g/mol. The van der Waals surface area contributed by atoms with Gasteiger partial charge in [-0.15, -0.1) is 5.10 Å². The van der Waals surface area contributed by atoms with Crippen molar-refractivity contribution in [2.45, 2.75) is 26.8 Å². The molecule has 1 aromatic carbocycles. The van der Waals surface area contributed by atoms with Gasteiger partial charge in [0.2, 0.25) is 11.8 Å². The molecule has 4 N–H and O–H groups in total. The Bertz CT molecular complexity index is 788. The molecule has 1 atom stereocenters. The normalized spacial score (nSPS) is 11.9. The Hall–Kier alpha value is -3.01. The predicted octanol–water partition coefficient (Wildman–Crippen LogP) is 0.0173. The third kappa shape index (κ3) is 4.54. The smallest absolute Gasteiger partial charge is 0.243 e. The first kappa shape index (κ1) is 19.3. The molecule has 0 aliphatic carbocycles. The van der Waals surface area contributed by atoms with E-state index >= 15 is 0 Å². The number of carbonyl (C=O) groups excluding carboxylic acids is 2. The maximum atomic E-state index is 12.1. The fraction of sp³-hybridized carbons (Fsp3) is 0.438. The first-order valence-electron chi connectivity index (χ1n) is 8.10. The van der Waals surface area contributed by atoms with Gasteiger partial charge in [-0.05, 0) is 41.5 Å². The van der Waals surface area contributed by atoms with Gasteiger partial charge in [0.05, 0.1) is 19.7 Å². The monoisotopic (exact) mass is 361 g/mol. The summed E-state index contributed by atoms with van der Waals surface area (Å²) in [6, 6.07) is 4.40. The molecule has 10 heteroatoms. The van der Waals surface area contributed by atoms with Crippen molar-refractivity contribution < 1.29 is 14.3 Å². The second kappa shape index (κ2) is 8.39. The van der Waals surface area contributed by atoms with Gasteiger partial charge < -0.3 is 21.1 Å². The highest BCUT2D eigenvalue weighted by molar-refractivity contribution is 5.95. The van der Waals surface area contributed by atoms with Crippen LogP contribution in [0.5, 0.6) is 5.75 Å². The van der Waals surface area contributed by atoms with Crippen molar-refractivity contribution in [2.75, 3.05) is 19.0 Å². The average molecular weight is 361 g/mol. The molecule has 2 aromatic rings. The van der Waals surface area contributed by atoms with Crippen LogP contribution < -0.4 is 21.1 Å². The number of benzene rings is 1. The lowest BCUT2D eigenvalue weighted by Gasteiger charge is -2.15. The van der Waals surface area contributed by atoms with Crippen LogP contribution in [0, 0.1) is 12.8 Å². The van der Waals surface area contributed by atoms with Crippen molar-refractivity contribution in [1.29, 1.82) is 0 Å².